The van der Waals surface area contributed by atoms with Crippen LogP contribution in [-0.4, -0.2) is 21.2 Å². The summed E-state index contributed by atoms with van der Waals surface area (Å²) in [6.45, 7) is 0. The number of halogens is 2. The molecule has 0 spiro atoms. The van der Waals surface area contributed by atoms with Gasteiger partial charge >= 0.3 is 6.03 Å². The van der Waals surface area contributed by atoms with Crippen LogP contribution in [0.5, 0.6) is 0 Å². The molecule has 8 heteroatoms. The van der Waals surface area contributed by atoms with Crippen LogP contribution in [0, 0.1) is 0 Å². The maximum absolute atomic E-state index is 12.0. The average Bonchev–Trinajstić information content (AvgIpc) is 3.01. The van der Waals surface area contributed by atoms with Crippen LogP contribution < -0.4 is 10.6 Å². The summed E-state index contributed by atoms with van der Waals surface area (Å²) in [5.74, 6) is 0.709. The third-order valence-corrected chi connectivity index (χ3v) is 3.78. The fraction of sp³-hybridized carbons (Fsp3) is 0. The second kappa shape index (κ2) is 6.68. The number of urea groups is 1. The topological polar surface area (TPSA) is 82.7 Å². The highest BCUT2D eigenvalue weighted by Crippen LogP contribution is 2.29. The van der Waals surface area contributed by atoms with Gasteiger partial charge in [0.1, 0.15) is 0 Å². The SMILES string of the molecule is O=C(Nc1n[nH]c(-c2ccccc2)n1)Nc1cccc(Cl)c1Cl. The average molecular weight is 348 g/mol. The Morgan fingerprint density at radius 1 is 1.00 bits per heavy atom. The van der Waals surface area contributed by atoms with E-state index in [1.165, 1.54) is 0 Å². The summed E-state index contributed by atoms with van der Waals surface area (Å²) in [5, 5.41) is 12.4. The van der Waals surface area contributed by atoms with Crippen molar-refractivity contribution in [3.63, 3.8) is 0 Å². The summed E-state index contributed by atoms with van der Waals surface area (Å²) < 4.78 is 0. The molecule has 0 aliphatic carbocycles. The number of carbonyl (C=O) groups excluding carboxylic acids is 1. The molecule has 116 valence electrons. The van der Waals surface area contributed by atoms with Gasteiger partial charge in [-0.3, -0.25) is 10.4 Å². The van der Waals surface area contributed by atoms with Gasteiger partial charge in [-0.25, -0.2) is 4.79 Å². The minimum Gasteiger partial charge on any atom is -0.306 e. The number of H-pyrrole nitrogens is 1. The summed E-state index contributed by atoms with van der Waals surface area (Å²) in [4.78, 5) is 16.2. The van der Waals surface area contributed by atoms with Crippen LogP contribution in [0.3, 0.4) is 0 Å². The minimum atomic E-state index is -0.521. The Labute approximate surface area is 141 Å². The first-order valence-corrected chi connectivity index (χ1v) is 7.39. The largest absolute Gasteiger partial charge is 0.326 e. The Morgan fingerprint density at radius 2 is 1.78 bits per heavy atom. The van der Waals surface area contributed by atoms with Crippen molar-refractivity contribution in [3.8, 4) is 11.4 Å². The monoisotopic (exact) mass is 347 g/mol. The molecule has 0 atom stereocenters. The highest BCUT2D eigenvalue weighted by atomic mass is 35.5. The zero-order valence-electron chi connectivity index (χ0n) is 11.7. The molecule has 6 nitrogen and oxygen atoms in total. The Bertz CT molecular complexity index is 835. The molecule has 0 aliphatic rings. The number of carbonyl (C=O) groups is 1. The van der Waals surface area contributed by atoms with Crippen LogP contribution in [0.25, 0.3) is 11.4 Å². The van der Waals surface area contributed by atoms with Crippen LogP contribution in [0.15, 0.2) is 48.5 Å². The number of rotatable bonds is 3. The molecule has 0 saturated carbocycles. The maximum Gasteiger partial charge on any atom is 0.326 e. The molecule has 0 radical (unpaired) electrons. The van der Waals surface area contributed by atoms with E-state index in [-0.39, 0.29) is 11.0 Å². The van der Waals surface area contributed by atoms with Crippen LogP contribution in [0.2, 0.25) is 10.0 Å². The molecular weight excluding hydrogens is 337 g/mol. The Hall–Kier alpha value is -2.57. The van der Waals surface area contributed by atoms with Crippen LogP contribution in [0.4, 0.5) is 16.4 Å². The second-order valence-corrected chi connectivity index (χ2v) is 5.34. The molecule has 0 saturated heterocycles. The number of nitrogens with zero attached hydrogens (tertiary/aromatic N) is 2. The van der Waals surface area contributed by atoms with E-state index in [9.17, 15) is 4.79 Å². The number of benzene rings is 2. The van der Waals surface area contributed by atoms with Gasteiger partial charge in [-0.15, -0.1) is 5.10 Å². The predicted octanol–water partition coefficient (Wildman–Crippen LogP) is 4.42. The summed E-state index contributed by atoms with van der Waals surface area (Å²) in [7, 11) is 0. The van der Waals surface area contributed by atoms with Gasteiger partial charge in [0.15, 0.2) is 5.82 Å². The molecule has 0 aliphatic heterocycles. The third-order valence-electron chi connectivity index (χ3n) is 2.96. The molecule has 3 rings (SSSR count). The fourth-order valence-corrected chi connectivity index (χ4v) is 2.25. The van der Waals surface area contributed by atoms with E-state index >= 15 is 0 Å². The molecule has 0 unspecified atom stereocenters. The van der Waals surface area contributed by atoms with E-state index in [4.69, 9.17) is 23.2 Å². The van der Waals surface area contributed by atoms with Crippen molar-refractivity contribution in [2.45, 2.75) is 0 Å². The summed E-state index contributed by atoms with van der Waals surface area (Å²) in [5.41, 5.74) is 1.27. The van der Waals surface area contributed by atoms with E-state index in [0.29, 0.717) is 16.5 Å². The molecule has 1 aromatic heterocycles. The first kappa shape index (κ1) is 15.3. The highest BCUT2D eigenvalue weighted by Gasteiger charge is 2.11. The minimum absolute atomic E-state index is 0.152. The zero-order valence-corrected chi connectivity index (χ0v) is 13.2. The first-order chi connectivity index (χ1) is 11.1. The van der Waals surface area contributed by atoms with E-state index in [1.54, 1.807) is 18.2 Å². The fourth-order valence-electron chi connectivity index (χ4n) is 1.90. The van der Waals surface area contributed by atoms with Gasteiger partial charge in [-0.05, 0) is 12.1 Å². The molecule has 0 fully saturated rings. The quantitative estimate of drug-likeness (QED) is 0.655. The van der Waals surface area contributed by atoms with Crippen molar-refractivity contribution in [1.29, 1.82) is 0 Å². The first-order valence-electron chi connectivity index (χ1n) is 6.63. The number of amides is 2. The number of aromatic nitrogens is 3. The van der Waals surface area contributed by atoms with Crippen molar-refractivity contribution in [3.05, 3.63) is 58.6 Å². The number of anilines is 2. The van der Waals surface area contributed by atoms with Gasteiger partial charge in [0.05, 0.1) is 15.7 Å². The highest BCUT2D eigenvalue weighted by molar-refractivity contribution is 6.44. The Morgan fingerprint density at radius 3 is 2.57 bits per heavy atom. The van der Waals surface area contributed by atoms with Crippen molar-refractivity contribution < 1.29 is 4.79 Å². The molecule has 2 aromatic carbocycles. The maximum atomic E-state index is 12.0. The number of hydrogen-bond acceptors (Lipinski definition) is 3. The van der Waals surface area contributed by atoms with E-state index in [1.807, 2.05) is 30.3 Å². The predicted molar refractivity (Wildman–Crippen MR) is 90.9 cm³/mol. The van der Waals surface area contributed by atoms with Crippen molar-refractivity contribution in [1.82, 2.24) is 15.2 Å². The molecule has 3 N–H and O–H groups in total. The van der Waals surface area contributed by atoms with Crippen molar-refractivity contribution >= 4 is 40.9 Å². The smallest absolute Gasteiger partial charge is 0.306 e. The normalized spacial score (nSPS) is 10.3. The molecule has 23 heavy (non-hydrogen) atoms. The lowest BCUT2D eigenvalue weighted by molar-refractivity contribution is 0.262. The number of hydrogen-bond donors (Lipinski definition) is 3. The summed E-state index contributed by atoms with van der Waals surface area (Å²) in [6, 6.07) is 13.9. The van der Waals surface area contributed by atoms with Gasteiger partial charge in [0.25, 0.3) is 5.95 Å². The van der Waals surface area contributed by atoms with Gasteiger partial charge in [0.2, 0.25) is 0 Å². The lowest BCUT2D eigenvalue weighted by Crippen LogP contribution is -2.20. The van der Waals surface area contributed by atoms with Gasteiger partial charge in [-0.2, -0.15) is 4.98 Å². The van der Waals surface area contributed by atoms with E-state index in [0.717, 1.165) is 5.56 Å². The van der Waals surface area contributed by atoms with Crippen molar-refractivity contribution in [2.75, 3.05) is 10.6 Å². The van der Waals surface area contributed by atoms with Gasteiger partial charge in [0, 0.05) is 5.56 Å². The van der Waals surface area contributed by atoms with Crippen molar-refractivity contribution in [2.24, 2.45) is 0 Å². The van der Waals surface area contributed by atoms with Crippen LogP contribution >= 0.6 is 23.2 Å². The molecule has 1 heterocycles. The zero-order chi connectivity index (χ0) is 16.2. The summed E-state index contributed by atoms with van der Waals surface area (Å²) in [6.07, 6.45) is 0. The lowest BCUT2D eigenvalue weighted by atomic mass is 10.2. The molecule has 2 amide bonds. The Balaban J connectivity index is 1.69. The van der Waals surface area contributed by atoms with E-state index in [2.05, 4.69) is 25.8 Å². The van der Waals surface area contributed by atoms with Crippen LogP contribution in [-0.2, 0) is 0 Å². The molecule has 3 aromatic rings. The lowest BCUT2D eigenvalue weighted by Gasteiger charge is -2.07. The number of aromatic amines is 1. The van der Waals surface area contributed by atoms with Crippen LogP contribution in [0.1, 0.15) is 0 Å². The van der Waals surface area contributed by atoms with E-state index < -0.39 is 6.03 Å². The standard InChI is InChI=1S/C15H11Cl2N5O/c16-10-7-4-8-11(12(10)17)18-15(23)20-14-19-13(21-22-14)9-5-2-1-3-6-9/h1-8H,(H3,18,19,20,21,22,23). The second-order valence-electron chi connectivity index (χ2n) is 4.55. The Kier molecular flexibility index (Phi) is 4.45. The summed E-state index contributed by atoms with van der Waals surface area (Å²) >= 11 is 11.9. The molecule has 0 bridgehead atoms. The molecular formula is C15H11Cl2N5O. The third kappa shape index (κ3) is 3.61. The number of nitrogens with one attached hydrogen (secondary N) is 3. The van der Waals surface area contributed by atoms with Gasteiger partial charge < -0.3 is 5.32 Å². The van der Waals surface area contributed by atoms with Gasteiger partial charge in [-0.1, -0.05) is 59.6 Å².